The molecule has 34 heavy (non-hydrogen) atoms. The molecule has 1 saturated carbocycles. The summed E-state index contributed by atoms with van der Waals surface area (Å²) in [5, 5.41) is 6.26. The number of hydrogen-bond acceptors (Lipinski definition) is 6. The molecule has 2 aromatic carbocycles. The molecule has 2 aromatic heterocycles. The molecule has 0 bridgehead atoms. The van der Waals surface area contributed by atoms with Crippen molar-refractivity contribution in [3.8, 4) is 11.6 Å². The first-order valence-corrected chi connectivity index (χ1v) is 11.8. The van der Waals surface area contributed by atoms with E-state index in [4.69, 9.17) is 4.74 Å². The monoisotopic (exact) mass is 470 g/mol. The van der Waals surface area contributed by atoms with Crippen LogP contribution in [0.1, 0.15) is 24.0 Å². The van der Waals surface area contributed by atoms with E-state index in [1.807, 2.05) is 55.5 Å². The predicted molar refractivity (Wildman–Crippen MR) is 134 cm³/mol. The fourth-order valence-corrected chi connectivity index (χ4v) is 4.12. The van der Waals surface area contributed by atoms with Crippen molar-refractivity contribution in [3.05, 3.63) is 77.9 Å². The van der Waals surface area contributed by atoms with Crippen LogP contribution in [0.2, 0.25) is 0 Å². The standard InChI is InChI=1S/C26H22N4O3S/c1-16-7-11-19(27-22(31)13-8-17-5-3-2-4-6-17)15-21(16)33-23-14-12-20-25(29-23)34-26(28-20)30-24(32)18-9-10-18/h2-8,11-15,18H,9-10H2,1H3,(H,27,31)(H,28,30,32)/b13-8+. The summed E-state index contributed by atoms with van der Waals surface area (Å²) in [5.41, 5.74) is 3.17. The average Bonchev–Trinajstić information content (AvgIpc) is 3.61. The first-order valence-electron chi connectivity index (χ1n) is 10.9. The van der Waals surface area contributed by atoms with Gasteiger partial charge in [-0.3, -0.25) is 9.59 Å². The molecule has 8 heteroatoms. The summed E-state index contributed by atoms with van der Waals surface area (Å²) in [5.74, 6) is 0.894. The highest BCUT2D eigenvalue weighted by Gasteiger charge is 2.30. The fourth-order valence-electron chi connectivity index (χ4n) is 3.28. The second-order valence-corrected chi connectivity index (χ2v) is 9.05. The Labute approximate surface area is 200 Å². The third kappa shape index (κ3) is 5.29. The van der Waals surface area contributed by atoms with Gasteiger partial charge in [0.1, 0.15) is 16.1 Å². The second kappa shape index (κ2) is 9.44. The van der Waals surface area contributed by atoms with Crippen molar-refractivity contribution < 1.29 is 14.3 Å². The van der Waals surface area contributed by atoms with Crippen LogP contribution in [0.3, 0.4) is 0 Å². The number of nitrogens with one attached hydrogen (secondary N) is 2. The molecule has 0 saturated heterocycles. The van der Waals surface area contributed by atoms with Gasteiger partial charge in [-0.1, -0.05) is 47.7 Å². The van der Waals surface area contributed by atoms with Crippen molar-refractivity contribution in [1.82, 2.24) is 9.97 Å². The van der Waals surface area contributed by atoms with E-state index in [1.165, 1.54) is 17.4 Å². The minimum absolute atomic E-state index is 0.0172. The van der Waals surface area contributed by atoms with Gasteiger partial charge in [0.05, 0.1) is 0 Å². The maximum atomic E-state index is 12.3. The number of pyridine rings is 1. The quantitative estimate of drug-likeness (QED) is 0.333. The van der Waals surface area contributed by atoms with E-state index in [0.29, 0.717) is 32.8 Å². The Balaban J connectivity index is 1.28. The van der Waals surface area contributed by atoms with Crippen LogP contribution in [0.15, 0.2) is 66.7 Å². The third-order valence-corrected chi connectivity index (χ3v) is 6.19. The van der Waals surface area contributed by atoms with Crippen LogP contribution in [0.25, 0.3) is 16.4 Å². The van der Waals surface area contributed by atoms with Gasteiger partial charge in [-0.15, -0.1) is 0 Å². The third-order valence-electron chi connectivity index (χ3n) is 5.31. The maximum Gasteiger partial charge on any atom is 0.248 e. The van der Waals surface area contributed by atoms with Gasteiger partial charge in [0, 0.05) is 29.8 Å². The number of hydrogen-bond donors (Lipinski definition) is 2. The molecule has 5 rings (SSSR count). The zero-order chi connectivity index (χ0) is 23.5. The van der Waals surface area contributed by atoms with Crippen LogP contribution < -0.4 is 15.4 Å². The molecule has 0 aliphatic heterocycles. The van der Waals surface area contributed by atoms with Crippen molar-refractivity contribution in [2.24, 2.45) is 5.92 Å². The first-order chi connectivity index (χ1) is 16.5. The molecule has 1 fully saturated rings. The predicted octanol–water partition coefficient (Wildman–Crippen LogP) is 5.79. The van der Waals surface area contributed by atoms with Crippen LogP contribution in [0, 0.1) is 12.8 Å². The van der Waals surface area contributed by atoms with Crippen LogP contribution >= 0.6 is 11.3 Å². The van der Waals surface area contributed by atoms with E-state index >= 15 is 0 Å². The number of nitrogens with zero attached hydrogens (tertiary/aromatic N) is 2. The Morgan fingerprint density at radius 3 is 2.65 bits per heavy atom. The summed E-state index contributed by atoms with van der Waals surface area (Å²) >= 11 is 1.32. The number of aromatic nitrogens is 2. The van der Waals surface area contributed by atoms with E-state index in [-0.39, 0.29) is 17.7 Å². The summed E-state index contributed by atoms with van der Waals surface area (Å²) in [4.78, 5) is 34.0. The zero-order valence-corrected chi connectivity index (χ0v) is 19.3. The maximum absolute atomic E-state index is 12.3. The van der Waals surface area contributed by atoms with Gasteiger partial charge >= 0.3 is 0 Å². The summed E-state index contributed by atoms with van der Waals surface area (Å²) < 4.78 is 6.02. The highest BCUT2D eigenvalue weighted by Crippen LogP contribution is 2.33. The molecular formula is C26H22N4O3S. The fraction of sp³-hybridized carbons (Fsp3) is 0.154. The number of thiazole rings is 1. The van der Waals surface area contributed by atoms with Gasteiger partial charge in [0.15, 0.2) is 5.13 Å². The Morgan fingerprint density at radius 2 is 1.85 bits per heavy atom. The van der Waals surface area contributed by atoms with E-state index in [0.717, 1.165) is 24.0 Å². The number of ether oxygens (including phenoxy) is 1. The lowest BCUT2D eigenvalue weighted by molar-refractivity contribution is -0.117. The van der Waals surface area contributed by atoms with E-state index in [2.05, 4.69) is 20.6 Å². The normalized spacial score (nSPS) is 13.2. The molecule has 1 aliphatic carbocycles. The number of carbonyl (C=O) groups excluding carboxylic acids is 2. The van der Waals surface area contributed by atoms with Gasteiger partial charge in [0.25, 0.3) is 0 Å². The molecule has 2 amide bonds. The molecule has 0 radical (unpaired) electrons. The SMILES string of the molecule is Cc1ccc(NC(=O)/C=C/c2ccccc2)cc1Oc1ccc2nc(NC(=O)C3CC3)sc2n1. The van der Waals surface area contributed by atoms with Crippen molar-refractivity contribution in [2.45, 2.75) is 19.8 Å². The first kappa shape index (κ1) is 21.8. The Kier molecular flexibility index (Phi) is 6.05. The largest absolute Gasteiger partial charge is 0.439 e. The summed E-state index contributed by atoms with van der Waals surface area (Å²) in [7, 11) is 0. The van der Waals surface area contributed by atoms with Gasteiger partial charge in [-0.2, -0.15) is 0 Å². The highest BCUT2D eigenvalue weighted by atomic mass is 32.1. The van der Waals surface area contributed by atoms with Crippen molar-refractivity contribution in [2.75, 3.05) is 10.6 Å². The molecule has 2 N–H and O–H groups in total. The van der Waals surface area contributed by atoms with Crippen LogP contribution in [0.5, 0.6) is 11.6 Å². The number of amides is 2. The number of anilines is 2. The lowest BCUT2D eigenvalue weighted by atomic mass is 10.2. The molecular weight excluding hydrogens is 448 g/mol. The van der Waals surface area contributed by atoms with Crippen LogP contribution in [0.4, 0.5) is 10.8 Å². The molecule has 0 atom stereocenters. The zero-order valence-electron chi connectivity index (χ0n) is 18.4. The molecule has 0 spiro atoms. The van der Waals surface area contributed by atoms with E-state index in [1.54, 1.807) is 18.2 Å². The smallest absolute Gasteiger partial charge is 0.248 e. The Morgan fingerprint density at radius 1 is 1.03 bits per heavy atom. The van der Waals surface area contributed by atoms with Crippen LogP contribution in [-0.2, 0) is 9.59 Å². The van der Waals surface area contributed by atoms with E-state index in [9.17, 15) is 9.59 Å². The topological polar surface area (TPSA) is 93.2 Å². The molecule has 1 aliphatic rings. The number of fused-ring (bicyclic) bond motifs is 1. The number of rotatable bonds is 7. The summed E-state index contributed by atoms with van der Waals surface area (Å²) in [6, 6.07) is 18.7. The lowest BCUT2D eigenvalue weighted by Gasteiger charge is -2.10. The van der Waals surface area contributed by atoms with E-state index < -0.39 is 0 Å². The van der Waals surface area contributed by atoms with Crippen molar-refractivity contribution in [3.63, 3.8) is 0 Å². The van der Waals surface area contributed by atoms with Crippen molar-refractivity contribution in [1.29, 1.82) is 0 Å². The van der Waals surface area contributed by atoms with Gasteiger partial charge in [-0.05, 0) is 49.1 Å². The molecule has 0 unspecified atom stereocenters. The summed E-state index contributed by atoms with van der Waals surface area (Å²) in [6.45, 7) is 1.92. The average molecular weight is 471 g/mol. The number of aryl methyl sites for hydroxylation is 1. The number of carbonyl (C=O) groups is 2. The minimum atomic E-state index is -0.233. The Hall–Kier alpha value is -4.04. The number of benzene rings is 2. The van der Waals surface area contributed by atoms with Gasteiger partial charge < -0.3 is 15.4 Å². The van der Waals surface area contributed by atoms with Gasteiger partial charge in [0.2, 0.25) is 17.7 Å². The molecule has 7 nitrogen and oxygen atoms in total. The second-order valence-electron chi connectivity index (χ2n) is 8.07. The minimum Gasteiger partial charge on any atom is -0.439 e. The van der Waals surface area contributed by atoms with Crippen molar-refractivity contribution >= 4 is 50.4 Å². The molecule has 2 heterocycles. The Bertz CT molecular complexity index is 1390. The molecule has 170 valence electrons. The lowest BCUT2D eigenvalue weighted by Crippen LogP contribution is -2.12. The summed E-state index contributed by atoms with van der Waals surface area (Å²) in [6.07, 6.45) is 5.13. The van der Waals surface area contributed by atoms with Crippen LogP contribution in [-0.4, -0.2) is 21.8 Å². The highest BCUT2D eigenvalue weighted by molar-refractivity contribution is 7.21. The molecule has 4 aromatic rings. The van der Waals surface area contributed by atoms with Gasteiger partial charge in [-0.25, -0.2) is 9.97 Å².